The first kappa shape index (κ1) is 17.4. The number of carboxylic acids is 1. The van der Waals surface area contributed by atoms with Crippen molar-refractivity contribution in [1.29, 1.82) is 0 Å². The standard InChI is InChI=1S/C19H17FN2O5/c1-10-6-7-27-14-9-21-8-13(19(25)26)17(23)15(16(21)18(24)22(10)14)11-2-4-12(20)5-3-11/h2-5,8,10,14H,6-7,9H2,1H3,(H,25,26)/t10-,14?/m1/s1. The molecule has 1 amide bonds. The van der Waals surface area contributed by atoms with E-state index in [2.05, 4.69) is 0 Å². The van der Waals surface area contributed by atoms with Crippen LogP contribution in [-0.4, -0.2) is 45.3 Å². The van der Waals surface area contributed by atoms with Gasteiger partial charge < -0.3 is 19.3 Å². The molecular weight excluding hydrogens is 355 g/mol. The average Bonchev–Trinajstić information content (AvgIpc) is 2.62. The van der Waals surface area contributed by atoms with Crippen molar-refractivity contribution in [2.45, 2.75) is 32.2 Å². The molecule has 1 N–H and O–H groups in total. The third kappa shape index (κ3) is 2.73. The van der Waals surface area contributed by atoms with E-state index in [1.54, 1.807) is 4.90 Å². The smallest absolute Gasteiger partial charge is 0.341 e. The number of halogens is 1. The van der Waals surface area contributed by atoms with Gasteiger partial charge in [0.2, 0.25) is 5.43 Å². The molecule has 3 heterocycles. The predicted molar refractivity (Wildman–Crippen MR) is 93.0 cm³/mol. The topological polar surface area (TPSA) is 88.8 Å². The molecule has 2 aliphatic heterocycles. The third-order valence-corrected chi connectivity index (χ3v) is 5.06. The minimum Gasteiger partial charge on any atom is -0.477 e. The minimum absolute atomic E-state index is 0.0314. The lowest BCUT2D eigenvalue weighted by Crippen LogP contribution is -2.57. The number of hydrogen-bond donors (Lipinski definition) is 1. The summed E-state index contributed by atoms with van der Waals surface area (Å²) in [6.07, 6.45) is 1.34. The lowest BCUT2D eigenvalue weighted by atomic mass is 9.97. The van der Waals surface area contributed by atoms with Crippen molar-refractivity contribution in [3.8, 4) is 11.1 Å². The van der Waals surface area contributed by atoms with Crippen molar-refractivity contribution in [2.75, 3.05) is 6.61 Å². The van der Waals surface area contributed by atoms with E-state index in [1.165, 1.54) is 35.0 Å². The lowest BCUT2D eigenvalue weighted by molar-refractivity contribution is -0.112. The molecule has 1 aromatic carbocycles. The first-order chi connectivity index (χ1) is 12.9. The number of hydrogen-bond acceptors (Lipinski definition) is 4. The van der Waals surface area contributed by atoms with Crippen molar-refractivity contribution in [3.05, 3.63) is 57.8 Å². The number of aromatic nitrogens is 1. The van der Waals surface area contributed by atoms with Crippen LogP contribution in [0.15, 0.2) is 35.3 Å². The summed E-state index contributed by atoms with van der Waals surface area (Å²) in [4.78, 5) is 39.2. The molecule has 0 bridgehead atoms. The number of amides is 1. The van der Waals surface area contributed by atoms with E-state index in [0.29, 0.717) is 18.6 Å². The Hall–Kier alpha value is -3.00. The zero-order valence-corrected chi connectivity index (χ0v) is 14.5. The Bertz CT molecular complexity index is 998. The van der Waals surface area contributed by atoms with Gasteiger partial charge >= 0.3 is 5.97 Å². The van der Waals surface area contributed by atoms with Gasteiger partial charge in [-0.3, -0.25) is 9.59 Å². The maximum Gasteiger partial charge on any atom is 0.341 e. The summed E-state index contributed by atoms with van der Waals surface area (Å²) in [5.74, 6) is -2.27. The van der Waals surface area contributed by atoms with Crippen LogP contribution in [0, 0.1) is 5.82 Å². The molecule has 140 valence electrons. The second-order valence-electron chi connectivity index (χ2n) is 6.74. The van der Waals surface area contributed by atoms with E-state index >= 15 is 0 Å². The Labute approximate surface area is 153 Å². The van der Waals surface area contributed by atoms with Gasteiger partial charge in [0.15, 0.2) is 6.23 Å². The molecular formula is C19H17FN2O5. The molecule has 2 aromatic rings. The van der Waals surface area contributed by atoms with Gasteiger partial charge in [-0.25, -0.2) is 9.18 Å². The van der Waals surface area contributed by atoms with Crippen LogP contribution in [0.4, 0.5) is 4.39 Å². The van der Waals surface area contributed by atoms with Crippen LogP contribution in [0.2, 0.25) is 0 Å². The summed E-state index contributed by atoms with van der Waals surface area (Å²) in [5, 5.41) is 9.42. The van der Waals surface area contributed by atoms with Gasteiger partial charge in [0.25, 0.3) is 5.91 Å². The fraction of sp³-hybridized carbons (Fsp3) is 0.316. The molecule has 0 aliphatic carbocycles. The van der Waals surface area contributed by atoms with E-state index in [-0.39, 0.29) is 23.8 Å². The number of benzene rings is 1. The number of ether oxygens (including phenoxy) is 1. The molecule has 4 rings (SSSR count). The summed E-state index contributed by atoms with van der Waals surface area (Å²) in [7, 11) is 0. The molecule has 1 unspecified atom stereocenters. The molecule has 1 aromatic heterocycles. The first-order valence-electron chi connectivity index (χ1n) is 8.59. The number of carbonyl (C=O) groups is 2. The molecule has 1 fully saturated rings. The zero-order valence-electron chi connectivity index (χ0n) is 14.5. The predicted octanol–water partition coefficient (Wildman–Crippen LogP) is 1.94. The highest BCUT2D eigenvalue weighted by Gasteiger charge is 2.41. The monoisotopic (exact) mass is 372 g/mol. The van der Waals surface area contributed by atoms with Crippen LogP contribution >= 0.6 is 0 Å². The van der Waals surface area contributed by atoms with Crippen molar-refractivity contribution < 1.29 is 23.8 Å². The summed E-state index contributed by atoms with van der Waals surface area (Å²) in [6.45, 7) is 2.63. The molecule has 0 saturated carbocycles. The number of nitrogens with zero attached hydrogens (tertiary/aromatic N) is 2. The van der Waals surface area contributed by atoms with E-state index in [4.69, 9.17) is 4.74 Å². The Balaban J connectivity index is 2.00. The Morgan fingerprint density at radius 2 is 1.96 bits per heavy atom. The molecule has 1 saturated heterocycles. The number of pyridine rings is 1. The van der Waals surface area contributed by atoms with Crippen LogP contribution in [-0.2, 0) is 11.3 Å². The first-order valence-corrected chi connectivity index (χ1v) is 8.59. The second-order valence-corrected chi connectivity index (χ2v) is 6.74. The van der Waals surface area contributed by atoms with Crippen molar-refractivity contribution >= 4 is 11.9 Å². The molecule has 0 radical (unpaired) electrons. The summed E-state index contributed by atoms with van der Waals surface area (Å²) < 4.78 is 20.5. The van der Waals surface area contributed by atoms with E-state index < -0.39 is 34.9 Å². The maximum absolute atomic E-state index is 13.3. The van der Waals surface area contributed by atoms with E-state index in [0.717, 1.165) is 0 Å². The van der Waals surface area contributed by atoms with Crippen LogP contribution in [0.1, 0.15) is 34.2 Å². The van der Waals surface area contributed by atoms with Gasteiger partial charge in [0.05, 0.1) is 18.7 Å². The minimum atomic E-state index is -1.38. The molecule has 8 heteroatoms. The van der Waals surface area contributed by atoms with Crippen LogP contribution < -0.4 is 5.43 Å². The normalized spacial score (nSPS) is 21.6. The highest BCUT2D eigenvalue weighted by molar-refractivity contribution is 6.01. The summed E-state index contributed by atoms with van der Waals surface area (Å²) in [6, 6.07) is 5.01. The summed E-state index contributed by atoms with van der Waals surface area (Å²) in [5.41, 5.74) is -0.840. The highest BCUT2D eigenvalue weighted by Crippen LogP contribution is 2.31. The largest absolute Gasteiger partial charge is 0.477 e. The molecule has 0 spiro atoms. The Morgan fingerprint density at radius 3 is 2.63 bits per heavy atom. The second kappa shape index (κ2) is 6.31. The average molecular weight is 372 g/mol. The van der Waals surface area contributed by atoms with Crippen LogP contribution in [0.3, 0.4) is 0 Å². The number of fused-ring (bicyclic) bond motifs is 2. The fourth-order valence-electron chi connectivity index (χ4n) is 3.72. The van der Waals surface area contributed by atoms with Crippen molar-refractivity contribution in [1.82, 2.24) is 9.47 Å². The van der Waals surface area contributed by atoms with Crippen molar-refractivity contribution in [2.24, 2.45) is 0 Å². The maximum atomic E-state index is 13.3. The zero-order chi connectivity index (χ0) is 19.3. The van der Waals surface area contributed by atoms with Crippen molar-refractivity contribution in [3.63, 3.8) is 0 Å². The van der Waals surface area contributed by atoms with Crippen LogP contribution in [0.25, 0.3) is 11.1 Å². The van der Waals surface area contributed by atoms with Gasteiger partial charge in [-0.1, -0.05) is 12.1 Å². The van der Waals surface area contributed by atoms with E-state index in [1.807, 2.05) is 6.92 Å². The van der Waals surface area contributed by atoms with Gasteiger partial charge in [-0.05, 0) is 31.0 Å². The molecule has 27 heavy (non-hydrogen) atoms. The highest BCUT2D eigenvalue weighted by atomic mass is 19.1. The SMILES string of the molecule is C[C@@H]1CCOC2Cn3cc(C(=O)O)c(=O)c(-c4ccc(F)cc4)c3C(=O)N21. The van der Waals surface area contributed by atoms with E-state index in [9.17, 15) is 23.9 Å². The molecule has 2 atom stereocenters. The van der Waals surface area contributed by atoms with Gasteiger partial charge in [0.1, 0.15) is 17.1 Å². The number of carboxylic acid groups (broad SMARTS) is 1. The summed E-state index contributed by atoms with van der Waals surface area (Å²) >= 11 is 0. The van der Waals surface area contributed by atoms with Gasteiger partial charge in [-0.2, -0.15) is 0 Å². The molecule has 2 aliphatic rings. The number of rotatable bonds is 2. The quantitative estimate of drug-likeness (QED) is 0.870. The Kier molecular flexibility index (Phi) is 4.07. The van der Waals surface area contributed by atoms with Gasteiger partial charge in [0, 0.05) is 12.2 Å². The fourth-order valence-corrected chi connectivity index (χ4v) is 3.72. The molecule has 7 nitrogen and oxygen atoms in total. The van der Waals surface area contributed by atoms with Crippen LogP contribution in [0.5, 0.6) is 0 Å². The Morgan fingerprint density at radius 1 is 1.26 bits per heavy atom. The number of aromatic carboxylic acids is 1. The number of carbonyl (C=O) groups excluding carboxylic acids is 1. The lowest BCUT2D eigenvalue weighted by Gasteiger charge is -2.44. The van der Waals surface area contributed by atoms with Gasteiger partial charge in [-0.15, -0.1) is 0 Å². The third-order valence-electron chi connectivity index (χ3n) is 5.06.